The van der Waals surface area contributed by atoms with E-state index < -0.39 is 0 Å². The lowest BCUT2D eigenvalue weighted by Gasteiger charge is -2.33. The first-order valence-electron chi connectivity index (χ1n) is 7.04. The van der Waals surface area contributed by atoms with E-state index in [4.69, 9.17) is 10.5 Å². The van der Waals surface area contributed by atoms with E-state index in [9.17, 15) is 4.79 Å². The summed E-state index contributed by atoms with van der Waals surface area (Å²) in [6.07, 6.45) is 2.78. The van der Waals surface area contributed by atoms with Gasteiger partial charge in [-0.25, -0.2) is 0 Å². The van der Waals surface area contributed by atoms with Crippen molar-refractivity contribution >= 4 is 5.91 Å². The van der Waals surface area contributed by atoms with Crippen LogP contribution in [0.5, 0.6) is 0 Å². The molecule has 106 valence electrons. The normalized spacial score (nSPS) is 24.3. The molecular formula is C14H28N2O2. The van der Waals surface area contributed by atoms with E-state index in [-0.39, 0.29) is 23.5 Å². The third-order valence-corrected chi connectivity index (χ3v) is 3.48. The fourth-order valence-corrected chi connectivity index (χ4v) is 2.31. The van der Waals surface area contributed by atoms with E-state index >= 15 is 0 Å². The molecule has 0 spiro atoms. The molecule has 1 rings (SSSR count). The molecule has 0 radical (unpaired) electrons. The van der Waals surface area contributed by atoms with Crippen LogP contribution in [0.2, 0.25) is 0 Å². The van der Waals surface area contributed by atoms with Crippen molar-refractivity contribution in [1.82, 2.24) is 4.90 Å². The summed E-state index contributed by atoms with van der Waals surface area (Å²) in [5.41, 5.74) is 5.72. The molecule has 4 heteroatoms. The van der Waals surface area contributed by atoms with Crippen molar-refractivity contribution in [3.63, 3.8) is 0 Å². The van der Waals surface area contributed by atoms with E-state index in [1.54, 1.807) is 0 Å². The zero-order chi connectivity index (χ0) is 13.8. The van der Waals surface area contributed by atoms with E-state index in [1.807, 2.05) is 11.8 Å². The second-order valence-corrected chi connectivity index (χ2v) is 6.14. The van der Waals surface area contributed by atoms with Gasteiger partial charge in [-0.1, -0.05) is 20.8 Å². The Morgan fingerprint density at radius 2 is 2.11 bits per heavy atom. The standard InChI is InChI=1S/C14H28N2O2/c1-5-8-16(10-14(3,4)9-15)13(17)12-7-6-11(2)18-12/h11-12H,5-10,15H2,1-4H3. The molecule has 18 heavy (non-hydrogen) atoms. The highest BCUT2D eigenvalue weighted by Gasteiger charge is 2.33. The second-order valence-electron chi connectivity index (χ2n) is 6.14. The maximum absolute atomic E-state index is 12.4. The molecule has 1 saturated heterocycles. The molecular weight excluding hydrogens is 228 g/mol. The Morgan fingerprint density at radius 1 is 1.44 bits per heavy atom. The lowest BCUT2D eigenvalue weighted by atomic mass is 9.92. The molecule has 4 nitrogen and oxygen atoms in total. The molecule has 1 aliphatic rings. The van der Waals surface area contributed by atoms with Crippen LogP contribution < -0.4 is 5.73 Å². The van der Waals surface area contributed by atoms with Crippen molar-refractivity contribution in [2.75, 3.05) is 19.6 Å². The molecule has 0 saturated carbocycles. The first-order valence-corrected chi connectivity index (χ1v) is 7.04. The van der Waals surface area contributed by atoms with Gasteiger partial charge >= 0.3 is 0 Å². The summed E-state index contributed by atoms with van der Waals surface area (Å²) < 4.78 is 5.68. The van der Waals surface area contributed by atoms with Gasteiger partial charge in [-0.3, -0.25) is 4.79 Å². The number of hydrogen-bond acceptors (Lipinski definition) is 3. The molecule has 2 N–H and O–H groups in total. The summed E-state index contributed by atoms with van der Waals surface area (Å²) in [5, 5.41) is 0. The predicted molar refractivity (Wildman–Crippen MR) is 73.3 cm³/mol. The minimum Gasteiger partial charge on any atom is -0.365 e. The van der Waals surface area contributed by atoms with Crippen LogP contribution in [0.3, 0.4) is 0 Å². The van der Waals surface area contributed by atoms with Gasteiger partial charge in [0.1, 0.15) is 6.10 Å². The zero-order valence-corrected chi connectivity index (χ0v) is 12.2. The SMILES string of the molecule is CCCN(CC(C)(C)CN)C(=O)C1CCC(C)O1. The molecule has 2 unspecified atom stereocenters. The predicted octanol–water partition coefficient (Wildman–Crippen LogP) is 1.78. The number of carbonyl (C=O) groups excluding carboxylic acids is 1. The van der Waals surface area contributed by atoms with E-state index in [0.717, 1.165) is 25.8 Å². The summed E-state index contributed by atoms with van der Waals surface area (Å²) in [6, 6.07) is 0. The number of rotatable bonds is 6. The minimum absolute atomic E-state index is 0.0327. The monoisotopic (exact) mass is 256 g/mol. The van der Waals surface area contributed by atoms with Crippen molar-refractivity contribution in [3.05, 3.63) is 0 Å². The van der Waals surface area contributed by atoms with Crippen molar-refractivity contribution in [3.8, 4) is 0 Å². The van der Waals surface area contributed by atoms with Crippen LogP contribution in [0.4, 0.5) is 0 Å². The van der Waals surface area contributed by atoms with Crippen molar-refractivity contribution in [1.29, 1.82) is 0 Å². The Kier molecular flexibility index (Phi) is 5.60. The maximum atomic E-state index is 12.4. The average Bonchev–Trinajstić information content (AvgIpc) is 2.74. The summed E-state index contributed by atoms with van der Waals surface area (Å²) in [7, 11) is 0. The highest BCUT2D eigenvalue weighted by molar-refractivity contribution is 5.81. The van der Waals surface area contributed by atoms with Crippen LogP contribution in [-0.4, -0.2) is 42.6 Å². The fraction of sp³-hybridized carbons (Fsp3) is 0.929. The Morgan fingerprint density at radius 3 is 2.56 bits per heavy atom. The third-order valence-electron chi connectivity index (χ3n) is 3.48. The molecule has 2 atom stereocenters. The lowest BCUT2D eigenvalue weighted by molar-refractivity contribution is -0.144. The fourth-order valence-electron chi connectivity index (χ4n) is 2.31. The maximum Gasteiger partial charge on any atom is 0.251 e. The van der Waals surface area contributed by atoms with E-state index in [2.05, 4.69) is 20.8 Å². The first kappa shape index (κ1) is 15.4. The molecule has 1 fully saturated rings. The Bertz CT molecular complexity index is 279. The van der Waals surface area contributed by atoms with Gasteiger partial charge in [0.15, 0.2) is 0 Å². The second kappa shape index (κ2) is 6.53. The minimum atomic E-state index is -0.236. The van der Waals surface area contributed by atoms with Crippen LogP contribution in [0.15, 0.2) is 0 Å². The Balaban J connectivity index is 2.63. The highest BCUT2D eigenvalue weighted by atomic mass is 16.5. The summed E-state index contributed by atoms with van der Waals surface area (Å²) in [4.78, 5) is 14.4. The van der Waals surface area contributed by atoms with Crippen LogP contribution in [0.25, 0.3) is 0 Å². The van der Waals surface area contributed by atoms with Crippen LogP contribution >= 0.6 is 0 Å². The summed E-state index contributed by atoms with van der Waals surface area (Å²) in [6.45, 7) is 10.4. The molecule has 0 bridgehead atoms. The lowest BCUT2D eigenvalue weighted by Crippen LogP contribution is -2.46. The largest absolute Gasteiger partial charge is 0.365 e. The molecule has 1 amide bonds. The number of nitrogens with zero attached hydrogens (tertiary/aromatic N) is 1. The molecule has 1 aliphatic heterocycles. The van der Waals surface area contributed by atoms with Gasteiger partial charge in [-0.15, -0.1) is 0 Å². The van der Waals surface area contributed by atoms with Gasteiger partial charge in [-0.05, 0) is 38.1 Å². The summed E-state index contributed by atoms with van der Waals surface area (Å²) in [5.74, 6) is 0.141. The Hall–Kier alpha value is -0.610. The quantitative estimate of drug-likeness (QED) is 0.788. The smallest absolute Gasteiger partial charge is 0.251 e. The van der Waals surface area contributed by atoms with Gasteiger partial charge < -0.3 is 15.4 Å². The Labute approximate surface area is 111 Å². The van der Waals surface area contributed by atoms with Crippen LogP contribution in [0.1, 0.15) is 47.0 Å². The van der Waals surface area contributed by atoms with Crippen LogP contribution in [0, 0.1) is 5.41 Å². The van der Waals surface area contributed by atoms with Gasteiger partial charge in [0.05, 0.1) is 6.10 Å². The number of hydrogen-bond donors (Lipinski definition) is 1. The highest BCUT2D eigenvalue weighted by Crippen LogP contribution is 2.23. The first-order chi connectivity index (χ1) is 8.39. The number of carbonyl (C=O) groups is 1. The molecule has 0 aromatic rings. The van der Waals surface area contributed by atoms with Crippen molar-refractivity contribution in [2.45, 2.75) is 59.2 Å². The van der Waals surface area contributed by atoms with E-state index in [1.165, 1.54) is 0 Å². The summed E-state index contributed by atoms with van der Waals surface area (Å²) >= 11 is 0. The van der Waals surface area contributed by atoms with Gasteiger partial charge in [0.2, 0.25) is 0 Å². The van der Waals surface area contributed by atoms with Gasteiger partial charge in [-0.2, -0.15) is 0 Å². The average molecular weight is 256 g/mol. The number of nitrogens with two attached hydrogens (primary N) is 1. The van der Waals surface area contributed by atoms with Crippen LogP contribution in [-0.2, 0) is 9.53 Å². The molecule has 0 aliphatic carbocycles. The van der Waals surface area contributed by atoms with Gasteiger partial charge in [0.25, 0.3) is 5.91 Å². The molecule has 0 aromatic carbocycles. The molecule has 1 heterocycles. The molecule has 0 aromatic heterocycles. The number of amides is 1. The van der Waals surface area contributed by atoms with Crippen molar-refractivity contribution < 1.29 is 9.53 Å². The van der Waals surface area contributed by atoms with E-state index in [0.29, 0.717) is 13.1 Å². The third kappa shape index (κ3) is 4.25. The topological polar surface area (TPSA) is 55.6 Å². The van der Waals surface area contributed by atoms with Gasteiger partial charge in [0, 0.05) is 13.1 Å². The van der Waals surface area contributed by atoms with Crippen molar-refractivity contribution in [2.24, 2.45) is 11.1 Å². The number of ether oxygens (including phenoxy) is 1. The zero-order valence-electron chi connectivity index (χ0n) is 12.2.